The van der Waals surface area contributed by atoms with E-state index in [0.717, 1.165) is 37.0 Å². The zero-order valence-corrected chi connectivity index (χ0v) is 12.4. The molecule has 0 heterocycles. The van der Waals surface area contributed by atoms with E-state index in [1.54, 1.807) is 0 Å². The van der Waals surface area contributed by atoms with Crippen molar-refractivity contribution in [1.29, 1.82) is 0 Å². The van der Waals surface area contributed by atoms with Gasteiger partial charge in [-0.25, -0.2) is 8.78 Å². The summed E-state index contributed by atoms with van der Waals surface area (Å²) in [6.45, 7) is 0. The topological polar surface area (TPSA) is 9.23 Å². The number of alkyl halides is 1. The second-order valence-electron chi connectivity index (χ2n) is 5.25. The Morgan fingerprint density at radius 2 is 1.71 bits per heavy atom. The lowest BCUT2D eigenvalue weighted by Crippen LogP contribution is -2.03. The molecular weight excluding hydrogens is 294 g/mol. The number of halogens is 3. The predicted octanol–water partition coefficient (Wildman–Crippen LogP) is 4.79. The van der Waals surface area contributed by atoms with Crippen molar-refractivity contribution in [2.24, 2.45) is 0 Å². The number of ether oxygens (including phenoxy) is 1. The minimum absolute atomic E-state index is 0.129. The molecule has 0 saturated heterocycles. The molecule has 0 fully saturated rings. The SMILES string of the molecule is COc1cc(F)c(C(Cl)c2ccc3c(c2)CCC3)c(F)c1. The van der Waals surface area contributed by atoms with Crippen molar-refractivity contribution in [1.82, 2.24) is 0 Å². The third-order valence-electron chi connectivity index (χ3n) is 3.96. The minimum atomic E-state index is -0.846. The highest BCUT2D eigenvalue weighted by Crippen LogP contribution is 2.36. The molecule has 0 bridgehead atoms. The van der Waals surface area contributed by atoms with Gasteiger partial charge < -0.3 is 4.74 Å². The fourth-order valence-corrected chi connectivity index (χ4v) is 3.18. The lowest BCUT2D eigenvalue weighted by Gasteiger charge is -2.15. The average molecular weight is 309 g/mol. The Hall–Kier alpha value is -1.61. The summed E-state index contributed by atoms with van der Waals surface area (Å²) in [4.78, 5) is 0. The fourth-order valence-electron chi connectivity index (χ4n) is 2.84. The van der Waals surface area contributed by atoms with Crippen LogP contribution in [0.1, 0.15) is 34.1 Å². The zero-order valence-electron chi connectivity index (χ0n) is 11.6. The Morgan fingerprint density at radius 3 is 2.38 bits per heavy atom. The monoisotopic (exact) mass is 308 g/mol. The first-order valence-electron chi connectivity index (χ1n) is 6.89. The smallest absolute Gasteiger partial charge is 0.134 e. The van der Waals surface area contributed by atoms with Gasteiger partial charge in [-0.05, 0) is 36.0 Å². The van der Waals surface area contributed by atoms with Gasteiger partial charge in [0.1, 0.15) is 17.4 Å². The highest BCUT2D eigenvalue weighted by Gasteiger charge is 2.22. The molecular formula is C17H15ClF2O. The van der Waals surface area contributed by atoms with Crippen LogP contribution in [0.2, 0.25) is 0 Å². The zero-order chi connectivity index (χ0) is 15.0. The standard InChI is InChI=1S/C17H15ClF2O/c1-21-13-8-14(19)16(15(20)9-13)17(18)12-6-5-10-3-2-4-11(10)7-12/h5-9,17H,2-4H2,1H3. The van der Waals surface area contributed by atoms with Crippen molar-refractivity contribution < 1.29 is 13.5 Å². The van der Waals surface area contributed by atoms with Crippen molar-refractivity contribution in [3.8, 4) is 5.75 Å². The van der Waals surface area contributed by atoms with Gasteiger partial charge in [-0.2, -0.15) is 0 Å². The number of hydrogen-bond acceptors (Lipinski definition) is 1. The minimum Gasteiger partial charge on any atom is -0.497 e. The Kier molecular flexibility index (Phi) is 3.85. The van der Waals surface area contributed by atoms with Crippen LogP contribution in [0.15, 0.2) is 30.3 Å². The van der Waals surface area contributed by atoms with E-state index >= 15 is 0 Å². The van der Waals surface area contributed by atoms with E-state index < -0.39 is 17.0 Å². The first-order chi connectivity index (χ1) is 10.1. The van der Waals surface area contributed by atoms with Crippen LogP contribution >= 0.6 is 11.6 Å². The Labute approximate surface area is 127 Å². The Bertz CT molecular complexity index is 661. The van der Waals surface area contributed by atoms with Gasteiger partial charge in [0.25, 0.3) is 0 Å². The van der Waals surface area contributed by atoms with Crippen molar-refractivity contribution in [3.63, 3.8) is 0 Å². The molecule has 0 aromatic heterocycles. The van der Waals surface area contributed by atoms with Crippen molar-refractivity contribution >= 4 is 11.6 Å². The normalized spacial score (nSPS) is 14.9. The van der Waals surface area contributed by atoms with Crippen molar-refractivity contribution in [3.05, 3.63) is 64.2 Å². The molecule has 21 heavy (non-hydrogen) atoms. The summed E-state index contributed by atoms with van der Waals surface area (Å²) in [5.74, 6) is -1.23. The van der Waals surface area contributed by atoms with E-state index in [9.17, 15) is 8.78 Å². The summed E-state index contributed by atoms with van der Waals surface area (Å²) >= 11 is 6.32. The fraction of sp³-hybridized carbons (Fsp3) is 0.294. The molecule has 1 nitrogen and oxygen atoms in total. The Morgan fingerprint density at radius 1 is 1.05 bits per heavy atom. The van der Waals surface area contributed by atoms with Gasteiger partial charge in [-0.15, -0.1) is 11.6 Å². The van der Waals surface area contributed by atoms with E-state index in [1.807, 2.05) is 18.2 Å². The summed E-state index contributed by atoms with van der Waals surface area (Å²) in [7, 11) is 1.37. The van der Waals surface area contributed by atoms with Crippen molar-refractivity contribution in [2.45, 2.75) is 24.6 Å². The molecule has 1 atom stereocenters. The summed E-state index contributed by atoms with van der Waals surface area (Å²) in [6.07, 6.45) is 3.19. The molecule has 0 spiro atoms. The van der Waals surface area contributed by atoms with Gasteiger partial charge in [0, 0.05) is 17.7 Å². The lowest BCUT2D eigenvalue weighted by molar-refractivity contribution is 0.405. The maximum Gasteiger partial charge on any atom is 0.134 e. The van der Waals surface area contributed by atoms with Crippen molar-refractivity contribution in [2.75, 3.05) is 7.11 Å². The first kappa shape index (κ1) is 14.3. The van der Waals surface area contributed by atoms with E-state index in [0.29, 0.717) is 0 Å². The van der Waals surface area contributed by atoms with Crippen LogP contribution in [0.4, 0.5) is 8.78 Å². The van der Waals surface area contributed by atoms with Gasteiger partial charge in [0.05, 0.1) is 12.5 Å². The van der Waals surface area contributed by atoms with Gasteiger partial charge in [0.15, 0.2) is 0 Å². The average Bonchev–Trinajstić information content (AvgIpc) is 2.93. The summed E-state index contributed by atoms with van der Waals surface area (Å²) < 4.78 is 33.1. The van der Waals surface area contributed by atoms with Crippen LogP contribution in [0.25, 0.3) is 0 Å². The molecule has 0 aliphatic heterocycles. The molecule has 1 unspecified atom stereocenters. The third-order valence-corrected chi connectivity index (χ3v) is 4.43. The van der Waals surface area contributed by atoms with Gasteiger partial charge in [0.2, 0.25) is 0 Å². The highest BCUT2D eigenvalue weighted by atomic mass is 35.5. The first-order valence-corrected chi connectivity index (χ1v) is 7.32. The van der Waals surface area contributed by atoms with Gasteiger partial charge >= 0.3 is 0 Å². The van der Waals surface area contributed by atoms with Gasteiger partial charge in [-0.3, -0.25) is 0 Å². The summed E-state index contributed by atoms with van der Waals surface area (Å²) in [6, 6.07) is 8.13. The summed E-state index contributed by atoms with van der Waals surface area (Å²) in [5.41, 5.74) is 3.13. The maximum absolute atomic E-state index is 14.1. The van der Waals surface area contributed by atoms with E-state index in [1.165, 1.54) is 18.2 Å². The van der Waals surface area contributed by atoms with Crippen LogP contribution in [0.5, 0.6) is 5.75 Å². The predicted molar refractivity (Wildman–Crippen MR) is 79.1 cm³/mol. The molecule has 1 aliphatic carbocycles. The van der Waals surface area contributed by atoms with Gasteiger partial charge in [-0.1, -0.05) is 18.2 Å². The second kappa shape index (κ2) is 5.64. The maximum atomic E-state index is 14.1. The molecule has 0 radical (unpaired) electrons. The lowest BCUT2D eigenvalue weighted by atomic mass is 9.99. The quantitative estimate of drug-likeness (QED) is 0.741. The largest absolute Gasteiger partial charge is 0.497 e. The molecule has 0 saturated carbocycles. The number of benzene rings is 2. The molecule has 1 aliphatic rings. The van der Waals surface area contributed by atoms with Crippen LogP contribution < -0.4 is 4.74 Å². The molecule has 2 aromatic rings. The molecule has 0 N–H and O–H groups in total. The highest BCUT2D eigenvalue weighted by molar-refractivity contribution is 6.22. The van der Waals surface area contributed by atoms with E-state index in [-0.39, 0.29) is 11.3 Å². The number of methoxy groups -OCH3 is 1. The number of hydrogen-bond donors (Lipinski definition) is 0. The van der Waals surface area contributed by atoms with Crippen LogP contribution in [0, 0.1) is 11.6 Å². The molecule has 4 heteroatoms. The second-order valence-corrected chi connectivity index (χ2v) is 5.69. The number of fused-ring (bicyclic) bond motifs is 1. The molecule has 2 aromatic carbocycles. The Balaban J connectivity index is 2.00. The van der Waals surface area contributed by atoms with Crippen LogP contribution in [-0.2, 0) is 12.8 Å². The van der Waals surface area contributed by atoms with E-state index in [4.69, 9.17) is 16.3 Å². The van der Waals surface area contributed by atoms with Crippen LogP contribution in [-0.4, -0.2) is 7.11 Å². The van der Waals surface area contributed by atoms with Crippen LogP contribution in [0.3, 0.4) is 0 Å². The number of rotatable bonds is 3. The van der Waals surface area contributed by atoms with E-state index in [2.05, 4.69) is 0 Å². The molecule has 110 valence electrons. The number of aryl methyl sites for hydroxylation is 2. The molecule has 0 amide bonds. The summed E-state index contributed by atoms with van der Waals surface area (Å²) in [5, 5.41) is -0.846. The third kappa shape index (κ3) is 2.62. The molecule has 3 rings (SSSR count).